The molecule has 2 amide bonds. The van der Waals surface area contributed by atoms with Crippen LogP contribution < -0.4 is 10.2 Å². The van der Waals surface area contributed by atoms with E-state index in [2.05, 4.69) is 24.1 Å². The summed E-state index contributed by atoms with van der Waals surface area (Å²) in [5.41, 5.74) is 4.23. The molecule has 0 spiro atoms. The van der Waals surface area contributed by atoms with Crippen LogP contribution in [-0.2, 0) is 9.59 Å². The topological polar surface area (TPSA) is 62.3 Å². The van der Waals surface area contributed by atoms with Crippen LogP contribution in [0, 0.1) is 6.92 Å². The third-order valence-electron chi connectivity index (χ3n) is 4.78. The number of fused-ring (bicyclic) bond motifs is 1. The number of benzene rings is 2. The summed E-state index contributed by atoms with van der Waals surface area (Å²) in [5.74, 6) is -0.164. The van der Waals surface area contributed by atoms with Crippen molar-refractivity contribution in [2.24, 2.45) is 0 Å². The average Bonchev–Trinajstić information content (AvgIpc) is 2.67. The number of nitrogens with zero attached hydrogens (tertiary/aromatic N) is 2. The fourth-order valence-corrected chi connectivity index (χ4v) is 3.34. The SMILES string of the molecule is CC(=O)N(CC(=O)Nc1c(C)cccc1C(C)C)c1cccc2cccnc12. The summed E-state index contributed by atoms with van der Waals surface area (Å²) < 4.78 is 0. The van der Waals surface area contributed by atoms with E-state index in [1.807, 2.05) is 55.5 Å². The predicted octanol–water partition coefficient (Wildman–Crippen LogP) is 4.66. The second-order valence-electron chi connectivity index (χ2n) is 7.20. The van der Waals surface area contributed by atoms with Crippen molar-refractivity contribution in [3.8, 4) is 0 Å². The van der Waals surface area contributed by atoms with E-state index in [0.29, 0.717) is 11.2 Å². The van der Waals surface area contributed by atoms with Gasteiger partial charge in [-0.1, -0.05) is 50.2 Å². The highest BCUT2D eigenvalue weighted by molar-refractivity contribution is 6.06. The van der Waals surface area contributed by atoms with E-state index in [1.54, 1.807) is 6.20 Å². The summed E-state index contributed by atoms with van der Waals surface area (Å²) in [5, 5.41) is 3.93. The number of carbonyl (C=O) groups is 2. The number of carbonyl (C=O) groups excluding carboxylic acids is 2. The van der Waals surface area contributed by atoms with Gasteiger partial charge in [-0.2, -0.15) is 0 Å². The van der Waals surface area contributed by atoms with E-state index in [0.717, 1.165) is 22.2 Å². The molecule has 2 aromatic carbocycles. The predicted molar refractivity (Wildman–Crippen MR) is 114 cm³/mol. The first-order valence-corrected chi connectivity index (χ1v) is 9.39. The normalized spacial score (nSPS) is 10.9. The first-order valence-electron chi connectivity index (χ1n) is 9.39. The van der Waals surface area contributed by atoms with Gasteiger partial charge in [-0.05, 0) is 36.1 Å². The highest BCUT2D eigenvalue weighted by atomic mass is 16.2. The Balaban J connectivity index is 1.90. The lowest BCUT2D eigenvalue weighted by Gasteiger charge is -2.23. The van der Waals surface area contributed by atoms with Crippen molar-refractivity contribution in [2.45, 2.75) is 33.6 Å². The fraction of sp³-hybridized carbons (Fsp3) is 0.261. The minimum Gasteiger partial charge on any atom is -0.324 e. The van der Waals surface area contributed by atoms with Crippen LogP contribution in [0.2, 0.25) is 0 Å². The standard InChI is InChI=1S/C23H25N3O2/c1-15(2)19-11-5-8-16(3)22(19)25-21(28)14-26(17(4)27)20-12-6-9-18-10-7-13-24-23(18)20/h5-13,15H,14H2,1-4H3,(H,25,28). The van der Waals surface area contributed by atoms with Gasteiger partial charge in [-0.15, -0.1) is 0 Å². The number of aryl methyl sites for hydroxylation is 1. The highest BCUT2D eigenvalue weighted by Gasteiger charge is 2.20. The number of para-hydroxylation sites is 2. The third-order valence-corrected chi connectivity index (χ3v) is 4.78. The maximum Gasteiger partial charge on any atom is 0.244 e. The molecule has 0 fully saturated rings. The number of pyridine rings is 1. The van der Waals surface area contributed by atoms with Crippen molar-refractivity contribution in [3.05, 3.63) is 65.9 Å². The molecule has 3 rings (SSSR count). The van der Waals surface area contributed by atoms with E-state index in [1.165, 1.54) is 11.8 Å². The largest absolute Gasteiger partial charge is 0.324 e. The minimum absolute atomic E-state index is 0.0725. The van der Waals surface area contributed by atoms with E-state index in [-0.39, 0.29) is 24.3 Å². The van der Waals surface area contributed by atoms with Crippen LogP contribution in [0.15, 0.2) is 54.7 Å². The quantitative estimate of drug-likeness (QED) is 0.705. The van der Waals surface area contributed by atoms with Crippen LogP contribution in [0.4, 0.5) is 11.4 Å². The van der Waals surface area contributed by atoms with E-state index < -0.39 is 0 Å². The van der Waals surface area contributed by atoms with Gasteiger partial charge in [0.25, 0.3) is 0 Å². The van der Waals surface area contributed by atoms with Gasteiger partial charge < -0.3 is 10.2 Å². The van der Waals surface area contributed by atoms with E-state index in [4.69, 9.17) is 0 Å². The third kappa shape index (κ3) is 4.03. The van der Waals surface area contributed by atoms with Gasteiger partial charge >= 0.3 is 0 Å². The smallest absolute Gasteiger partial charge is 0.244 e. The van der Waals surface area contributed by atoms with Crippen LogP contribution in [0.25, 0.3) is 10.9 Å². The van der Waals surface area contributed by atoms with Crippen molar-refractivity contribution >= 4 is 34.1 Å². The molecule has 144 valence electrons. The zero-order valence-electron chi connectivity index (χ0n) is 16.7. The summed E-state index contributed by atoms with van der Waals surface area (Å²) in [4.78, 5) is 31.0. The van der Waals surface area contributed by atoms with Crippen LogP contribution in [0.3, 0.4) is 0 Å². The lowest BCUT2D eigenvalue weighted by atomic mass is 9.98. The molecule has 0 aliphatic carbocycles. The monoisotopic (exact) mass is 375 g/mol. The first kappa shape index (κ1) is 19.5. The van der Waals surface area contributed by atoms with Gasteiger partial charge in [0.1, 0.15) is 6.54 Å². The van der Waals surface area contributed by atoms with Crippen molar-refractivity contribution in [1.82, 2.24) is 4.98 Å². The summed E-state index contributed by atoms with van der Waals surface area (Å²) in [6.07, 6.45) is 1.69. The molecule has 0 aliphatic rings. The van der Waals surface area contributed by atoms with Gasteiger partial charge in [0, 0.05) is 24.2 Å². The molecular formula is C23H25N3O2. The Hall–Kier alpha value is -3.21. The number of amides is 2. The van der Waals surface area contributed by atoms with Crippen molar-refractivity contribution in [2.75, 3.05) is 16.8 Å². The lowest BCUT2D eigenvalue weighted by Crippen LogP contribution is -2.37. The van der Waals surface area contributed by atoms with Gasteiger partial charge in [0.05, 0.1) is 11.2 Å². The molecular weight excluding hydrogens is 350 g/mol. The molecule has 0 saturated heterocycles. The zero-order valence-corrected chi connectivity index (χ0v) is 16.7. The van der Waals surface area contributed by atoms with Crippen LogP contribution in [0.5, 0.6) is 0 Å². The lowest BCUT2D eigenvalue weighted by molar-refractivity contribution is -0.120. The van der Waals surface area contributed by atoms with Crippen LogP contribution >= 0.6 is 0 Å². The maximum atomic E-state index is 12.8. The van der Waals surface area contributed by atoms with Gasteiger partial charge in [-0.3, -0.25) is 14.6 Å². The first-order chi connectivity index (χ1) is 13.4. The molecule has 0 saturated carbocycles. The molecule has 28 heavy (non-hydrogen) atoms. The summed E-state index contributed by atoms with van der Waals surface area (Å²) in [7, 11) is 0. The summed E-state index contributed by atoms with van der Waals surface area (Å²) >= 11 is 0. The Morgan fingerprint density at radius 3 is 2.50 bits per heavy atom. The maximum absolute atomic E-state index is 12.8. The number of hydrogen-bond donors (Lipinski definition) is 1. The van der Waals surface area contributed by atoms with Crippen molar-refractivity contribution in [1.29, 1.82) is 0 Å². The number of aromatic nitrogens is 1. The van der Waals surface area contributed by atoms with Gasteiger partial charge in [0.15, 0.2) is 0 Å². The number of rotatable bonds is 5. The second-order valence-corrected chi connectivity index (χ2v) is 7.20. The van der Waals surface area contributed by atoms with Gasteiger partial charge in [-0.25, -0.2) is 0 Å². The van der Waals surface area contributed by atoms with Crippen LogP contribution in [-0.4, -0.2) is 23.3 Å². The Labute approximate surface area is 165 Å². The molecule has 5 heteroatoms. The molecule has 5 nitrogen and oxygen atoms in total. The Morgan fingerprint density at radius 1 is 1.07 bits per heavy atom. The molecule has 0 atom stereocenters. The zero-order chi connectivity index (χ0) is 20.3. The number of anilines is 2. The Bertz CT molecular complexity index is 1020. The fourth-order valence-electron chi connectivity index (χ4n) is 3.34. The van der Waals surface area contributed by atoms with Crippen molar-refractivity contribution < 1.29 is 9.59 Å². The molecule has 1 N–H and O–H groups in total. The number of hydrogen-bond acceptors (Lipinski definition) is 3. The van der Waals surface area contributed by atoms with Crippen molar-refractivity contribution in [3.63, 3.8) is 0 Å². The number of nitrogens with one attached hydrogen (secondary N) is 1. The molecule has 0 unspecified atom stereocenters. The van der Waals surface area contributed by atoms with Crippen LogP contribution in [0.1, 0.15) is 37.8 Å². The van der Waals surface area contributed by atoms with Gasteiger partial charge in [0.2, 0.25) is 11.8 Å². The molecule has 3 aromatic rings. The Morgan fingerprint density at radius 2 is 1.79 bits per heavy atom. The van der Waals surface area contributed by atoms with E-state index >= 15 is 0 Å². The van der Waals surface area contributed by atoms with E-state index in [9.17, 15) is 9.59 Å². The molecule has 0 aliphatic heterocycles. The average molecular weight is 375 g/mol. The molecule has 1 heterocycles. The summed E-state index contributed by atoms with van der Waals surface area (Å²) in [6.45, 7) is 7.54. The highest BCUT2D eigenvalue weighted by Crippen LogP contribution is 2.28. The molecule has 0 bridgehead atoms. The Kier molecular flexibility index (Phi) is 5.73. The minimum atomic E-state index is -0.237. The summed E-state index contributed by atoms with van der Waals surface area (Å²) in [6, 6.07) is 15.4. The molecule has 0 radical (unpaired) electrons. The molecule has 1 aromatic heterocycles. The second kappa shape index (κ2) is 8.21.